The summed E-state index contributed by atoms with van der Waals surface area (Å²) < 4.78 is 11.9. The molecule has 0 aliphatic rings. The molecule has 0 saturated carbocycles. The monoisotopic (exact) mass is 488 g/mol. The largest absolute Gasteiger partial charge is 0.462 e. The maximum atomic E-state index is 12.7. The summed E-state index contributed by atoms with van der Waals surface area (Å²) >= 11 is 2.26. The lowest BCUT2D eigenvalue weighted by Gasteiger charge is -2.14. The lowest BCUT2D eigenvalue weighted by Crippen LogP contribution is -2.30. The van der Waals surface area contributed by atoms with E-state index in [1.807, 2.05) is 30.3 Å². The molecule has 1 N–H and O–H groups in total. The molecule has 1 atom stereocenters. The van der Waals surface area contributed by atoms with Gasteiger partial charge in [0.1, 0.15) is 10.6 Å². The van der Waals surface area contributed by atoms with E-state index in [0.717, 1.165) is 22.6 Å². The van der Waals surface area contributed by atoms with Crippen LogP contribution in [-0.2, 0) is 25.6 Å². The van der Waals surface area contributed by atoms with Crippen molar-refractivity contribution in [1.82, 2.24) is 4.57 Å². The average molecular weight is 489 g/mol. The summed E-state index contributed by atoms with van der Waals surface area (Å²) in [6.07, 6.45) is -1.13. The summed E-state index contributed by atoms with van der Waals surface area (Å²) in [6.45, 7) is 5.31. The van der Waals surface area contributed by atoms with E-state index in [0.29, 0.717) is 10.6 Å². The van der Waals surface area contributed by atoms with Gasteiger partial charge in [0, 0.05) is 28.6 Å². The number of carbonyl (C=O) groups excluding carboxylic acids is 3. The Hall–Kier alpha value is -3.24. The summed E-state index contributed by atoms with van der Waals surface area (Å²) in [5.74, 6) is -1.72. The third-order valence-corrected chi connectivity index (χ3v) is 6.56. The molecule has 1 amide bonds. The first-order chi connectivity index (χ1) is 15.8. The Morgan fingerprint density at radius 3 is 2.48 bits per heavy atom. The highest BCUT2D eigenvalue weighted by molar-refractivity contribution is 7.15. The highest BCUT2D eigenvalue weighted by atomic mass is 32.1. The van der Waals surface area contributed by atoms with Crippen LogP contribution in [0.5, 0.6) is 0 Å². The molecule has 0 aliphatic heterocycles. The molecule has 0 radical (unpaired) electrons. The first-order valence-electron chi connectivity index (χ1n) is 10.3. The van der Waals surface area contributed by atoms with Crippen LogP contribution >= 0.6 is 22.7 Å². The number of esters is 2. The van der Waals surface area contributed by atoms with E-state index in [1.54, 1.807) is 24.6 Å². The molecule has 10 heteroatoms. The third-order valence-electron chi connectivity index (χ3n) is 4.79. The van der Waals surface area contributed by atoms with E-state index in [2.05, 4.69) is 5.32 Å². The Balaban J connectivity index is 1.68. The number of aromatic nitrogens is 1. The van der Waals surface area contributed by atoms with Crippen molar-refractivity contribution in [1.29, 1.82) is 0 Å². The van der Waals surface area contributed by atoms with Gasteiger partial charge in [-0.25, -0.2) is 4.79 Å². The summed E-state index contributed by atoms with van der Waals surface area (Å²) in [5, 5.41) is 6.49. The van der Waals surface area contributed by atoms with Crippen molar-refractivity contribution in [3.63, 3.8) is 0 Å². The Labute approximate surface area is 198 Å². The minimum Gasteiger partial charge on any atom is -0.462 e. The molecule has 1 aromatic carbocycles. The number of anilines is 1. The maximum Gasteiger partial charge on any atom is 0.341 e. The smallest absolute Gasteiger partial charge is 0.341 e. The number of amides is 1. The number of aryl methyl sites for hydroxylation is 1. The van der Waals surface area contributed by atoms with Gasteiger partial charge in [0.2, 0.25) is 0 Å². The minimum absolute atomic E-state index is 0.0413. The van der Waals surface area contributed by atoms with Crippen LogP contribution in [0, 0.1) is 6.92 Å². The summed E-state index contributed by atoms with van der Waals surface area (Å²) in [4.78, 5) is 49.1. The van der Waals surface area contributed by atoms with Gasteiger partial charge in [-0.3, -0.25) is 14.4 Å². The number of nitrogens with zero attached hydrogens (tertiary/aromatic N) is 1. The first kappa shape index (κ1) is 24.4. The topological polar surface area (TPSA) is 104 Å². The standard InChI is InChI=1S/C23H24N2O6S2/c1-4-30-22(28)19-17(16-8-6-5-7-9-16)13-32-21(19)24-20(27)15(3)31-18(26)10-11-25-14(2)12-33-23(25)29/h5-9,12-13,15H,4,10-11H2,1-3H3,(H,24,27). The SMILES string of the molecule is CCOC(=O)c1c(-c2ccccc2)csc1NC(=O)C(C)OC(=O)CCn1c(C)csc1=O. The molecule has 174 valence electrons. The fourth-order valence-electron chi connectivity index (χ4n) is 3.09. The van der Waals surface area contributed by atoms with Gasteiger partial charge in [-0.2, -0.15) is 0 Å². The summed E-state index contributed by atoms with van der Waals surface area (Å²) in [5.41, 5.74) is 2.49. The van der Waals surface area contributed by atoms with Crippen LogP contribution in [-0.4, -0.2) is 35.1 Å². The van der Waals surface area contributed by atoms with Crippen LogP contribution in [0.1, 0.15) is 36.3 Å². The molecule has 33 heavy (non-hydrogen) atoms. The van der Waals surface area contributed by atoms with E-state index in [4.69, 9.17) is 9.47 Å². The molecular formula is C23H24N2O6S2. The number of ether oxygens (including phenoxy) is 2. The van der Waals surface area contributed by atoms with Crippen molar-refractivity contribution < 1.29 is 23.9 Å². The van der Waals surface area contributed by atoms with E-state index < -0.39 is 23.9 Å². The second-order valence-electron chi connectivity index (χ2n) is 7.11. The maximum absolute atomic E-state index is 12.7. The van der Waals surface area contributed by atoms with Crippen LogP contribution in [0.15, 0.2) is 45.9 Å². The number of hydrogen-bond acceptors (Lipinski definition) is 8. The van der Waals surface area contributed by atoms with E-state index in [9.17, 15) is 19.2 Å². The quantitative estimate of drug-likeness (QED) is 0.455. The van der Waals surface area contributed by atoms with Gasteiger partial charge in [0.15, 0.2) is 6.10 Å². The minimum atomic E-state index is -1.09. The van der Waals surface area contributed by atoms with Crippen LogP contribution in [0.3, 0.4) is 0 Å². The number of hydrogen-bond donors (Lipinski definition) is 1. The van der Waals surface area contributed by atoms with Crippen LogP contribution in [0.4, 0.5) is 5.00 Å². The Kier molecular flexibility index (Phi) is 8.18. The van der Waals surface area contributed by atoms with E-state index >= 15 is 0 Å². The Bertz CT molecular complexity index is 1200. The van der Waals surface area contributed by atoms with Gasteiger partial charge in [-0.05, 0) is 26.3 Å². The van der Waals surface area contributed by atoms with Crippen LogP contribution < -0.4 is 10.2 Å². The molecule has 8 nitrogen and oxygen atoms in total. The summed E-state index contributed by atoms with van der Waals surface area (Å²) in [7, 11) is 0. The molecule has 0 spiro atoms. The third kappa shape index (κ3) is 5.96. The highest BCUT2D eigenvalue weighted by Gasteiger charge is 2.25. The van der Waals surface area contributed by atoms with Gasteiger partial charge in [0.05, 0.1) is 13.0 Å². The number of thiophene rings is 1. The molecule has 0 fully saturated rings. The van der Waals surface area contributed by atoms with Crippen LogP contribution in [0.25, 0.3) is 11.1 Å². The van der Waals surface area contributed by atoms with E-state index in [1.165, 1.54) is 22.8 Å². The number of rotatable bonds is 9. The van der Waals surface area contributed by atoms with Gasteiger partial charge in [0.25, 0.3) is 5.91 Å². The molecule has 1 unspecified atom stereocenters. The zero-order valence-corrected chi connectivity index (χ0v) is 20.1. The van der Waals surface area contributed by atoms with E-state index in [-0.39, 0.29) is 30.0 Å². The van der Waals surface area contributed by atoms with Crippen molar-refractivity contribution in [3.05, 3.63) is 62.0 Å². The van der Waals surface area contributed by atoms with Crippen molar-refractivity contribution >= 4 is 45.5 Å². The second-order valence-corrected chi connectivity index (χ2v) is 8.81. The summed E-state index contributed by atoms with van der Waals surface area (Å²) in [6, 6.07) is 9.30. The number of thiazole rings is 1. The Morgan fingerprint density at radius 2 is 1.85 bits per heavy atom. The molecule has 3 aromatic rings. The van der Waals surface area contributed by atoms with Crippen molar-refractivity contribution in [2.75, 3.05) is 11.9 Å². The molecule has 0 aliphatic carbocycles. The Morgan fingerprint density at radius 1 is 1.12 bits per heavy atom. The number of nitrogens with one attached hydrogen (secondary N) is 1. The predicted molar refractivity (Wildman–Crippen MR) is 128 cm³/mol. The first-order valence-corrected chi connectivity index (χ1v) is 12.1. The second kappa shape index (κ2) is 11.1. The van der Waals surface area contributed by atoms with Crippen LogP contribution in [0.2, 0.25) is 0 Å². The molecule has 3 rings (SSSR count). The molecule has 2 heterocycles. The number of carbonyl (C=O) groups is 3. The zero-order chi connectivity index (χ0) is 24.0. The zero-order valence-electron chi connectivity index (χ0n) is 18.5. The number of benzene rings is 1. The fourth-order valence-corrected chi connectivity index (χ4v) is 4.81. The fraction of sp³-hybridized carbons (Fsp3) is 0.304. The molecule has 0 bridgehead atoms. The molecule has 2 aromatic heterocycles. The van der Waals surface area contributed by atoms with Crippen molar-refractivity contribution in [2.24, 2.45) is 0 Å². The highest BCUT2D eigenvalue weighted by Crippen LogP contribution is 2.36. The predicted octanol–water partition coefficient (Wildman–Crippen LogP) is 4.08. The molecule has 0 saturated heterocycles. The van der Waals surface area contributed by atoms with Gasteiger partial charge in [-0.15, -0.1) is 11.3 Å². The molecular weight excluding hydrogens is 464 g/mol. The average Bonchev–Trinajstić information content (AvgIpc) is 3.35. The normalized spacial score (nSPS) is 11.6. The van der Waals surface area contributed by atoms with Gasteiger partial charge in [-0.1, -0.05) is 41.7 Å². The van der Waals surface area contributed by atoms with Gasteiger partial charge >= 0.3 is 16.8 Å². The lowest BCUT2D eigenvalue weighted by molar-refractivity contribution is -0.153. The van der Waals surface area contributed by atoms with Crippen molar-refractivity contribution in [3.8, 4) is 11.1 Å². The van der Waals surface area contributed by atoms with Gasteiger partial charge < -0.3 is 19.4 Å². The lowest BCUT2D eigenvalue weighted by atomic mass is 10.0. The van der Waals surface area contributed by atoms with Crippen molar-refractivity contribution in [2.45, 2.75) is 39.8 Å².